The van der Waals surface area contributed by atoms with Gasteiger partial charge in [-0.05, 0) is 51.5 Å². The van der Waals surface area contributed by atoms with Crippen LogP contribution >= 0.6 is 0 Å². The predicted octanol–water partition coefficient (Wildman–Crippen LogP) is 2.14. The Morgan fingerprint density at radius 1 is 0.698 bits per heavy atom. The number of ether oxygens (including phenoxy) is 1. The minimum atomic E-state index is -1.25. The van der Waals surface area contributed by atoms with Gasteiger partial charge in [0.15, 0.2) is 0 Å². The number of carbonyl (C=O) groups excluding carboxylic acids is 1. The number of aliphatic hydroxyl groups is 8. The number of aliphatic hydroxyl groups excluding tert-OH is 8. The highest BCUT2D eigenvalue weighted by Crippen LogP contribution is 2.23. The highest BCUT2D eigenvalue weighted by Gasteiger charge is 2.32. The molecular weight excluding hydrogens is 556 g/mol. The highest BCUT2D eigenvalue weighted by atomic mass is 16.6. The van der Waals surface area contributed by atoms with Crippen molar-refractivity contribution >= 4 is 5.97 Å². The van der Waals surface area contributed by atoms with E-state index in [9.17, 15) is 45.6 Å². The van der Waals surface area contributed by atoms with Gasteiger partial charge in [0.05, 0.1) is 48.6 Å². The molecule has 0 saturated heterocycles. The molecule has 43 heavy (non-hydrogen) atoms. The number of rotatable bonds is 3. The largest absolute Gasteiger partial charge is 0.459 e. The van der Waals surface area contributed by atoms with Crippen LogP contribution in [0.2, 0.25) is 0 Å². The SMILES string of the molecule is CCCCC1C(=O)OC(C)C(O)\C=C/C=C\C=C/C=C\C=C(\C)C(O)CC(O)CC(O)CC(O)CC(O)CC(O)CC1O. The Hall–Kier alpha value is -2.15. The zero-order valence-corrected chi connectivity index (χ0v) is 25.7. The lowest BCUT2D eigenvalue weighted by Gasteiger charge is -2.27. The lowest BCUT2D eigenvalue weighted by molar-refractivity contribution is -0.162. The topological polar surface area (TPSA) is 188 Å². The zero-order chi connectivity index (χ0) is 32.4. The molecule has 0 spiro atoms. The molecule has 0 saturated carbocycles. The van der Waals surface area contributed by atoms with E-state index in [1.165, 1.54) is 6.08 Å². The van der Waals surface area contributed by atoms with Crippen LogP contribution in [-0.4, -0.2) is 102 Å². The van der Waals surface area contributed by atoms with Crippen LogP contribution in [0, 0.1) is 5.92 Å². The van der Waals surface area contributed by atoms with Crippen LogP contribution < -0.4 is 0 Å². The molecule has 0 fully saturated rings. The molecule has 8 N–H and O–H groups in total. The molecule has 0 amide bonds. The Morgan fingerprint density at radius 3 is 1.70 bits per heavy atom. The van der Waals surface area contributed by atoms with E-state index < -0.39 is 66.8 Å². The van der Waals surface area contributed by atoms with Gasteiger partial charge in [-0.25, -0.2) is 0 Å². The number of hydrogen-bond donors (Lipinski definition) is 8. The van der Waals surface area contributed by atoms with Gasteiger partial charge in [-0.3, -0.25) is 4.79 Å². The second-order valence-electron chi connectivity index (χ2n) is 11.6. The summed E-state index contributed by atoms with van der Waals surface area (Å²) in [4.78, 5) is 12.9. The van der Waals surface area contributed by atoms with Crippen molar-refractivity contribution in [2.24, 2.45) is 5.92 Å². The Kier molecular flexibility index (Phi) is 19.5. The van der Waals surface area contributed by atoms with Gasteiger partial charge in [0.2, 0.25) is 0 Å². The van der Waals surface area contributed by atoms with Gasteiger partial charge in [-0.2, -0.15) is 0 Å². The third-order valence-electron chi connectivity index (χ3n) is 7.46. The number of hydrogen-bond acceptors (Lipinski definition) is 10. The van der Waals surface area contributed by atoms with Crippen molar-refractivity contribution in [2.75, 3.05) is 0 Å². The molecule has 1 aliphatic heterocycles. The molecule has 1 rings (SSSR count). The van der Waals surface area contributed by atoms with Crippen molar-refractivity contribution in [3.63, 3.8) is 0 Å². The van der Waals surface area contributed by atoms with Crippen LogP contribution in [0.5, 0.6) is 0 Å². The molecule has 10 nitrogen and oxygen atoms in total. The second kappa shape index (κ2) is 21.5. The molecule has 246 valence electrons. The van der Waals surface area contributed by atoms with E-state index >= 15 is 0 Å². The standard InChI is InChI=1S/C33H54O10/c1-4-5-14-29-32(41)21-28(38)19-26(36)17-24(34)16-25(35)18-27(37)20-31(40)22(2)13-11-9-7-6-8-10-12-15-30(39)23(3)43-33(29)42/h6-13,15,23-32,34-41H,4-5,14,16-21H2,1-3H3/b7-6-,10-8-,11-9-,15-12-,22-13-. The quantitative estimate of drug-likeness (QED) is 0.220. The summed E-state index contributed by atoms with van der Waals surface area (Å²) in [5, 5.41) is 83.5. The van der Waals surface area contributed by atoms with Crippen molar-refractivity contribution in [2.45, 2.75) is 133 Å². The molecule has 1 aliphatic rings. The van der Waals surface area contributed by atoms with Gasteiger partial charge >= 0.3 is 5.97 Å². The molecule has 10 atom stereocenters. The van der Waals surface area contributed by atoms with Crippen LogP contribution in [0.3, 0.4) is 0 Å². The minimum Gasteiger partial charge on any atom is -0.459 e. The molecule has 0 bridgehead atoms. The van der Waals surface area contributed by atoms with Crippen molar-refractivity contribution in [1.29, 1.82) is 0 Å². The number of esters is 1. The smallest absolute Gasteiger partial charge is 0.311 e. The van der Waals surface area contributed by atoms with Gasteiger partial charge in [0.1, 0.15) is 12.2 Å². The van der Waals surface area contributed by atoms with Crippen LogP contribution in [0.25, 0.3) is 0 Å². The lowest BCUT2D eigenvalue weighted by Crippen LogP contribution is -2.37. The first-order valence-electron chi connectivity index (χ1n) is 15.3. The molecule has 0 aromatic rings. The number of unbranched alkanes of at least 4 members (excludes halogenated alkanes) is 1. The van der Waals surface area contributed by atoms with Crippen LogP contribution in [0.15, 0.2) is 60.3 Å². The van der Waals surface area contributed by atoms with Gasteiger partial charge in [-0.15, -0.1) is 0 Å². The number of carbonyl (C=O) groups is 1. The van der Waals surface area contributed by atoms with Crippen LogP contribution in [0.4, 0.5) is 0 Å². The van der Waals surface area contributed by atoms with Crippen LogP contribution in [0.1, 0.15) is 78.6 Å². The number of cyclic esters (lactones) is 1. The summed E-state index contributed by atoms with van der Waals surface area (Å²) in [5.74, 6) is -1.62. The Bertz CT molecular complexity index is 927. The van der Waals surface area contributed by atoms with E-state index in [-0.39, 0.29) is 38.5 Å². The summed E-state index contributed by atoms with van der Waals surface area (Å²) in [7, 11) is 0. The molecule has 10 unspecified atom stereocenters. The predicted molar refractivity (Wildman–Crippen MR) is 165 cm³/mol. The molecule has 10 heteroatoms. The highest BCUT2D eigenvalue weighted by molar-refractivity contribution is 5.73. The first-order chi connectivity index (χ1) is 20.3. The zero-order valence-electron chi connectivity index (χ0n) is 25.7. The molecule has 0 radical (unpaired) electrons. The fourth-order valence-electron chi connectivity index (χ4n) is 4.83. The van der Waals surface area contributed by atoms with Crippen molar-refractivity contribution in [3.8, 4) is 0 Å². The molecule has 0 aliphatic carbocycles. The third kappa shape index (κ3) is 17.1. The summed E-state index contributed by atoms with van der Waals surface area (Å²) < 4.78 is 5.45. The number of allylic oxidation sites excluding steroid dienone is 8. The van der Waals surface area contributed by atoms with E-state index in [1.54, 1.807) is 62.5 Å². The van der Waals surface area contributed by atoms with E-state index in [0.29, 0.717) is 18.4 Å². The maximum atomic E-state index is 12.9. The Labute approximate surface area is 256 Å². The van der Waals surface area contributed by atoms with Crippen molar-refractivity contribution in [3.05, 3.63) is 60.3 Å². The average molecular weight is 611 g/mol. The monoisotopic (exact) mass is 610 g/mol. The first kappa shape index (κ1) is 38.9. The molecular formula is C33H54O10. The normalized spacial score (nSPS) is 39.7. The van der Waals surface area contributed by atoms with Gasteiger partial charge in [0, 0.05) is 12.8 Å². The third-order valence-corrected chi connectivity index (χ3v) is 7.46. The molecule has 1 heterocycles. The van der Waals surface area contributed by atoms with E-state index in [2.05, 4.69) is 0 Å². The van der Waals surface area contributed by atoms with Crippen molar-refractivity contribution < 1.29 is 50.4 Å². The fraction of sp³-hybridized carbons (Fsp3) is 0.667. The summed E-state index contributed by atoms with van der Waals surface area (Å²) in [6.07, 6.45) is 6.60. The average Bonchev–Trinajstić information content (AvgIpc) is 2.90. The minimum absolute atomic E-state index is 0.00262. The fourth-order valence-corrected chi connectivity index (χ4v) is 4.83. The van der Waals surface area contributed by atoms with Crippen LogP contribution in [-0.2, 0) is 9.53 Å². The Balaban J connectivity index is 3.06. The lowest BCUT2D eigenvalue weighted by atomic mass is 9.90. The van der Waals surface area contributed by atoms with E-state index in [1.807, 2.05) is 6.92 Å². The van der Waals surface area contributed by atoms with Gasteiger partial charge in [-0.1, -0.05) is 74.4 Å². The molecule has 0 aromatic heterocycles. The van der Waals surface area contributed by atoms with E-state index in [0.717, 1.165) is 6.42 Å². The van der Waals surface area contributed by atoms with Gasteiger partial charge in [0.25, 0.3) is 0 Å². The van der Waals surface area contributed by atoms with E-state index in [4.69, 9.17) is 4.74 Å². The summed E-state index contributed by atoms with van der Waals surface area (Å²) in [5.41, 5.74) is 0.622. The maximum Gasteiger partial charge on any atom is 0.311 e. The Morgan fingerprint density at radius 2 is 1.16 bits per heavy atom. The second-order valence-corrected chi connectivity index (χ2v) is 11.6. The maximum absolute atomic E-state index is 12.9. The first-order valence-corrected chi connectivity index (χ1v) is 15.3. The summed E-state index contributed by atoms with van der Waals surface area (Å²) >= 11 is 0. The molecule has 0 aromatic carbocycles. The summed E-state index contributed by atoms with van der Waals surface area (Å²) in [6.45, 7) is 5.21. The van der Waals surface area contributed by atoms with Gasteiger partial charge < -0.3 is 45.6 Å². The summed E-state index contributed by atoms with van der Waals surface area (Å²) in [6, 6.07) is 0. The van der Waals surface area contributed by atoms with Crippen molar-refractivity contribution in [1.82, 2.24) is 0 Å².